The van der Waals surface area contributed by atoms with Crippen LogP contribution in [0, 0.1) is 15.0 Å². The van der Waals surface area contributed by atoms with E-state index in [1.807, 2.05) is 72.8 Å². The van der Waals surface area contributed by atoms with E-state index in [9.17, 15) is 0 Å². The number of aromatic nitrogens is 4. The Balaban J connectivity index is 1.36. The Bertz CT molecular complexity index is 1580. The molecule has 0 saturated heterocycles. The molecule has 0 saturated carbocycles. The summed E-state index contributed by atoms with van der Waals surface area (Å²) in [7, 11) is 3.27. The minimum absolute atomic E-state index is 0.319. The van der Waals surface area contributed by atoms with E-state index in [2.05, 4.69) is 33.8 Å². The minimum Gasteiger partial charge on any atom is -0.497 e. The van der Waals surface area contributed by atoms with Crippen LogP contribution in [0.4, 0.5) is 0 Å². The number of rotatable bonds is 8. The molecule has 2 N–H and O–H groups in total. The van der Waals surface area contributed by atoms with Crippen LogP contribution in [0.1, 0.15) is 20.3 Å². The number of ether oxygens (including phenoxy) is 4. The highest BCUT2D eigenvalue weighted by Crippen LogP contribution is 2.34. The van der Waals surface area contributed by atoms with Crippen molar-refractivity contribution in [3.05, 3.63) is 93.9 Å². The molecule has 2 aromatic carbocycles. The highest BCUT2D eigenvalue weighted by molar-refractivity contribution is 7.71. The number of hydrogen-bond donors (Lipinski definition) is 2. The zero-order valence-corrected chi connectivity index (χ0v) is 24.1. The molecule has 4 aromatic rings. The number of nitrogens with one attached hydrogen (secondary N) is 2. The van der Waals surface area contributed by atoms with E-state index >= 15 is 0 Å². The fourth-order valence-corrected chi connectivity index (χ4v) is 4.77. The van der Waals surface area contributed by atoms with Crippen molar-refractivity contribution in [1.82, 2.24) is 19.9 Å². The van der Waals surface area contributed by atoms with Gasteiger partial charge in [-0.05, 0) is 96.2 Å². The van der Waals surface area contributed by atoms with Crippen LogP contribution in [0.25, 0.3) is 22.5 Å². The lowest BCUT2D eigenvalue weighted by molar-refractivity contribution is 0.322. The fraction of sp³-hybridized carbons (Fsp3) is 0.200. The summed E-state index contributed by atoms with van der Waals surface area (Å²) in [6.45, 7) is 4.14. The van der Waals surface area contributed by atoms with Crippen molar-refractivity contribution in [3.63, 3.8) is 0 Å². The first-order valence-corrected chi connectivity index (χ1v) is 13.3. The quantitative estimate of drug-likeness (QED) is 0.209. The molecule has 0 bridgehead atoms. The Morgan fingerprint density at radius 1 is 0.675 bits per heavy atom. The summed E-state index contributed by atoms with van der Waals surface area (Å²) < 4.78 is 23.6. The molecule has 8 nitrogen and oxygen atoms in total. The molecule has 1 aliphatic carbocycles. The van der Waals surface area contributed by atoms with Crippen LogP contribution >= 0.6 is 24.4 Å². The van der Waals surface area contributed by atoms with Crippen LogP contribution in [-0.2, 0) is 0 Å². The highest BCUT2D eigenvalue weighted by Gasteiger charge is 2.24. The predicted molar refractivity (Wildman–Crippen MR) is 159 cm³/mol. The maximum atomic E-state index is 6.24. The number of H-pyrrole nitrogens is 2. The summed E-state index contributed by atoms with van der Waals surface area (Å²) in [5, 5.41) is 0. The molecule has 0 amide bonds. The van der Waals surface area contributed by atoms with Gasteiger partial charge in [-0.2, -0.15) is 9.97 Å². The molecule has 0 radical (unpaired) electrons. The van der Waals surface area contributed by atoms with Crippen molar-refractivity contribution in [2.75, 3.05) is 14.2 Å². The van der Waals surface area contributed by atoms with E-state index in [0.717, 1.165) is 34.0 Å². The van der Waals surface area contributed by atoms with E-state index in [0.29, 0.717) is 39.2 Å². The zero-order chi connectivity index (χ0) is 28.3. The Morgan fingerprint density at radius 2 is 1.07 bits per heavy atom. The third-order valence-electron chi connectivity index (χ3n) is 6.13. The van der Waals surface area contributed by atoms with Crippen molar-refractivity contribution in [1.29, 1.82) is 0 Å². The van der Waals surface area contributed by atoms with E-state index < -0.39 is 0 Å². The van der Waals surface area contributed by atoms with Crippen LogP contribution in [-0.4, -0.2) is 34.2 Å². The van der Waals surface area contributed by atoms with Gasteiger partial charge in [-0.3, -0.25) is 0 Å². The van der Waals surface area contributed by atoms with Gasteiger partial charge in [0.15, 0.2) is 0 Å². The van der Waals surface area contributed by atoms with E-state index in [4.69, 9.17) is 43.4 Å². The van der Waals surface area contributed by atoms with Crippen LogP contribution in [0.15, 0.2) is 84.3 Å². The standard InChI is InChI=1S/C30H28N4O4S2/c1-30(2)16-22(37-26-14-24(31-28(39)33-26)18-5-9-20(35-3)10-6-18)13-23(17-30)38-27-15-25(32-29(40)34-27)19-7-11-21(36-4)12-8-19/h5-12,14-17H,13H2,1-4H3,(H,31,33,39)(H,32,34,40). The number of methoxy groups -OCH3 is 2. The highest BCUT2D eigenvalue weighted by atomic mass is 32.1. The summed E-state index contributed by atoms with van der Waals surface area (Å²) in [6.07, 6.45) is 4.49. The first kappa shape index (κ1) is 27.3. The van der Waals surface area contributed by atoms with Gasteiger partial charge in [-0.1, -0.05) is 13.8 Å². The second-order valence-electron chi connectivity index (χ2n) is 9.76. The number of benzene rings is 2. The van der Waals surface area contributed by atoms with Gasteiger partial charge in [-0.15, -0.1) is 0 Å². The molecule has 10 heteroatoms. The van der Waals surface area contributed by atoms with Gasteiger partial charge in [0.05, 0.1) is 32.0 Å². The first-order chi connectivity index (χ1) is 19.2. The van der Waals surface area contributed by atoms with Gasteiger partial charge in [0, 0.05) is 17.5 Å². The van der Waals surface area contributed by atoms with Crippen molar-refractivity contribution in [2.24, 2.45) is 5.41 Å². The number of hydrogen-bond acceptors (Lipinski definition) is 8. The van der Waals surface area contributed by atoms with E-state index in [1.165, 1.54) is 0 Å². The van der Waals surface area contributed by atoms with Gasteiger partial charge >= 0.3 is 0 Å². The van der Waals surface area contributed by atoms with E-state index in [-0.39, 0.29) is 5.41 Å². The third kappa shape index (κ3) is 6.64. The monoisotopic (exact) mass is 572 g/mol. The second kappa shape index (κ2) is 11.4. The lowest BCUT2D eigenvalue weighted by Gasteiger charge is -2.25. The molecular formula is C30H28N4O4S2. The molecule has 0 fully saturated rings. The predicted octanol–water partition coefficient (Wildman–Crippen LogP) is 7.60. The maximum Gasteiger partial charge on any atom is 0.223 e. The topological polar surface area (TPSA) is 94.3 Å². The minimum atomic E-state index is -0.337. The lowest BCUT2D eigenvalue weighted by Crippen LogP contribution is -2.17. The summed E-state index contributed by atoms with van der Waals surface area (Å²) in [4.78, 5) is 15.0. The average Bonchev–Trinajstić information content (AvgIpc) is 2.91. The Morgan fingerprint density at radius 3 is 1.45 bits per heavy atom. The first-order valence-electron chi connectivity index (χ1n) is 12.5. The van der Waals surface area contributed by atoms with Crippen LogP contribution < -0.4 is 18.9 Å². The fourth-order valence-electron chi connectivity index (χ4n) is 4.37. The SMILES string of the molecule is COc1ccc(-c2cc(OC3=CC(C)(C)C=C(Oc4cc(-c5ccc(OC)cc5)[nH]c(=S)n4)C3)nc(=S)[nH]2)cc1. The second-order valence-corrected chi connectivity index (χ2v) is 10.5. The molecule has 0 aliphatic heterocycles. The van der Waals surface area contributed by atoms with Crippen molar-refractivity contribution in [2.45, 2.75) is 20.3 Å². The molecule has 0 atom stereocenters. The summed E-state index contributed by atoms with van der Waals surface area (Å²) in [5.74, 6) is 3.69. The largest absolute Gasteiger partial charge is 0.497 e. The van der Waals surface area contributed by atoms with Gasteiger partial charge in [0.1, 0.15) is 23.0 Å². The Kier molecular flexibility index (Phi) is 7.81. The van der Waals surface area contributed by atoms with E-state index in [1.54, 1.807) is 14.2 Å². The normalized spacial score (nSPS) is 14.1. The lowest BCUT2D eigenvalue weighted by atomic mass is 9.87. The maximum absolute atomic E-state index is 6.24. The van der Waals surface area contributed by atoms with Crippen molar-refractivity contribution in [3.8, 4) is 45.8 Å². The van der Waals surface area contributed by atoms with Crippen molar-refractivity contribution >= 4 is 24.4 Å². The van der Waals surface area contributed by atoms with Gasteiger partial charge in [-0.25, -0.2) is 0 Å². The number of aromatic amines is 2. The summed E-state index contributed by atoms with van der Waals surface area (Å²) >= 11 is 10.8. The Labute approximate surface area is 242 Å². The molecule has 0 spiro atoms. The molecule has 5 rings (SSSR count). The molecule has 1 aliphatic rings. The van der Waals surface area contributed by atoms with Gasteiger partial charge < -0.3 is 28.9 Å². The molecule has 2 aromatic heterocycles. The third-order valence-corrected chi connectivity index (χ3v) is 6.52. The molecular weight excluding hydrogens is 544 g/mol. The van der Waals surface area contributed by atoms with Crippen LogP contribution in [0.3, 0.4) is 0 Å². The van der Waals surface area contributed by atoms with Crippen LogP contribution in [0.5, 0.6) is 23.3 Å². The van der Waals surface area contributed by atoms with Crippen LogP contribution in [0.2, 0.25) is 0 Å². The smallest absolute Gasteiger partial charge is 0.223 e. The molecule has 204 valence electrons. The zero-order valence-electron chi connectivity index (χ0n) is 22.5. The van der Waals surface area contributed by atoms with Gasteiger partial charge in [0.25, 0.3) is 0 Å². The van der Waals surface area contributed by atoms with Crippen molar-refractivity contribution < 1.29 is 18.9 Å². The summed E-state index contributed by atoms with van der Waals surface area (Å²) in [5.41, 5.74) is 3.10. The number of allylic oxidation sites excluding steroid dienone is 2. The Hall–Kier alpha value is -4.28. The number of nitrogens with zero attached hydrogens (tertiary/aromatic N) is 2. The van der Waals surface area contributed by atoms with Gasteiger partial charge in [0.2, 0.25) is 21.3 Å². The molecule has 2 heterocycles. The summed E-state index contributed by atoms with van der Waals surface area (Å²) in [6, 6.07) is 19.0. The molecule has 40 heavy (non-hydrogen) atoms. The molecule has 0 unspecified atom stereocenters. The average molecular weight is 573 g/mol.